The summed E-state index contributed by atoms with van der Waals surface area (Å²) < 4.78 is 0. The zero-order valence-corrected chi connectivity index (χ0v) is 14.5. The van der Waals surface area contributed by atoms with E-state index in [1.54, 1.807) is 18.5 Å². The van der Waals surface area contributed by atoms with Crippen molar-refractivity contribution in [2.24, 2.45) is 5.92 Å². The maximum atomic E-state index is 12.8. The SMILES string of the molecule is CCC1CCC2(CC1)NC(=O)N(CC(=O)NCc1cccnc1)C2=O. The second-order valence-electron chi connectivity index (χ2n) is 6.89. The number of hydrogen-bond acceptors (Lipinski definition) is 4. The summed E-state index contributed by atoms with van der Waals surface area (Å²) in [4.78, 5) is 42.1. The first-order chi connectivity index (χ1) is 12.0. The van der Waals surface area contributed by atoms with E-state index in [9.17, 15) is 14.4 Å². The zero-order valence-electron chi connectivity index (χ0n) is 14.5. The lowest BCUT2D eigenvalue weighted by molar-refractivity contribution is -0.136. The summed E-state index contributed by atoms with van der Waals surface area (Å²) in [5.74, 6) is 0.00221. The van der Waals surface area contributed by atoms with E-state index in [-0.39, 0.29) is 18.4 Å². The second kappa shape index (κ2) is 7.21. The highest BCUT2D eigenvalue weighted by atomic mass is 16.2. The van der Waals surface area contributed by atoms with Gasteiger partial charge in [0.05, 0.1) is 0 Å². The highest BCUT2D eigenvalue weighted by Crippen LogP contribution is 2.37. The molecule has 3 rings (SSSR count). The third-order valence-electron chi connectivity index (χ3n) is 5.30. The molecule has 2 heterocycles. The lowest BCUT2D eigenvalue weighted by atomic mass is 9.75. The Labute approximate surface area is 147 Å². The number of nitrogens with zero attached hydrogens (tertiary/aromatic N) is 2. The van der Waals surface area contributed by atoms with Crippen LogP contribution in [0.5, 0.6) is 0 Å². The molecule has 7 heteroatoms. The summed E-state index contributed by atoms with van der Waals surface area (Å²) in [5.41, 5.74) is 0.0641. The highest BCUT2D eigenvalue weighted by molar-refractivity contribution is 6.09. The molecule has 2 N–H and O–H groups in total. The van der Waals surface area contributed by atoms with Crippen LogP contribution in [0.4, 0.5) is 4.79 Å². The van der Waals surface area contributed by atoms with Crippen molar-refractivity contribution in [1.82, 2.24) is 20.5 Å². The molecule has 4 amide bonds. The predicted octanol–water partition coefficient (Wildman–Crippen LogP) is 1.59. The summed E-state index contributed by atoms with van der Waals surface area (Å²) in [6, 6.07) is 3.17. The van der Waals surface area contributed by atoms with Gasteiger partial charge in [-0.05, 0) is 43.2 Å². The van der Waals surface area contributed by atoms with Gasteiger partial charge in [0.1, 0.15) is 12.1 Å². The minimum atomic E-state index is -0.799. The molecule has 1 aliphatic heterocycles. The average molecular weight is 344 g/mol. The summed E-state index contributed by atoms with van der Waals surface area (Å²) in [5, 5.41) is 5.56. The summed E-state index contributed by atoms with van der Waals surface area (Å²) in [7, 11) is 0. The Morgan fingerprint density at radius 2 is 2.16 bits per heavy atom. The quantitative estimate of drug-likeness (QED) is 0.794. The highest BCUT2D eigenvalue weighted by Gasteiger charge is 2.52. The average Bonchev–Trinajstić information content (AvgIpc) is 2.86. The molecule has 1 aromatic rings. The van der Waals surface area contributed by atoms with Gasteiger partial charge in [-0.3, -0.25) is 19.5 Å². The largest absolute Gasteiger partial charge is 0.350 e. The van der Waals surface area contributed by atoms with Crippen molar-refractivity contribution in [2.75, 3.05) is 6.54 Å². The second-order valence-corrected chi connectivity index (χ2v) is 6.89. The lowest BCUT2D eigenvalue weighted by Crippen LogP contribution is -2.50. The molecule has 7 nitrogen and oxygen atoms in total. The van der Waals surface area contributed by atoms with Gasteiger partial charge in [0.25, 0.3) is 5.91 Å². The number of imide groups is 1. The summed E-state index contributed by atoms with van der Waals surface area (Å²) >= 11 is 0. The van der Waals surface area contributed by atoms with Gasteiger partial charge in [0.2, 0.25) is 5.91 Å². The van der Waals surface area contributed by atoms with E-state index < -0.39 is 11.6 Å². The standard InChI is InChI=1S/C18H24N4O3/c1-2-13-5-7-18(8-6-13)16(24)22(17(25)21-18)12-15(23)20-11-14-4-3-9-19-10-14/h3-4,9-10,13H,2,5-8,11-12H2,1H3,(H,20,23)(H,21,25). The first-order valence-corrected chi connectivity index (χ1v) is 8.84. The van der Waals surface area contributed by atoms with Gasteiger partial charge in [0.15, 0.2) is 0 Å². The number of carbonyl (C=O) groups is 3. The number of urea groups is 1. The molecule has 25 heavy (non-hydrogen) atoms. The normalized spacial score (nSPS) is 26.0. The van der Waals surface area contributed by atoms with E-state index in [0.717, 1.165) is 29.7 Å². The third kappa shape index (κ3) is 3.65. The fourth-order valence-electron chi connectivity index (χ4n) is 3.64. The minimum Gasteiger partial charge on any atom is -0.350 e. The van der Waals surface area contributed by atoms with E-state index in [1.165, 1.54) is 0 Å². The summed E-state index contributed by atoms with van der Waals surface area (Å²) in [6.45, 7) is 2.22. The number of rotatable bonds is 5. The fraction of sp³-hybridized carbons (Fsp3) is 0.556. The van der Waals surface area contributed by atoms with E-state index in [2.05, 4.69) is 22.5 Å². The number of carbonyl (C=O) groups excluding carboxylic acids is 3. The van der Waals surface area contributed by atoms with Crippen molar-refractivity contribution >= 4 is 17.8 Å². The molecule has 2 aliphatic rings. The lowest BCUT2D eigenvalue weighted by Gasteiger charge is -2.34. The van der Waals surface area contributed by atoms with Crippen LogP contribution in [-0.2, 0) is 16.1 Å². The van der Waals surface area contributed by atoms with Gasteiger partial charge in [-0.1, -0.05) is 19.4 Å². The van der Waals surface area contributed by atoms with E-state index >= 15 is 0 Å². The predicted molar refractivity (Wildman–Crippen MR) is 91.3 cm³/mol. The van der Waals surface area contributed by atoms with Crippen LogP contribution < -0.4 is 10.6 Å². The van der Waals surface area contributed by atoms with Crippen molar-refractivity contribution in [1.29, 1.82) is 0 Å². The van der Waals surface area contributed by atoms with Crippen LogP contribution >= 0.6 is 0 Å². The Kier molecular flexibility index (Phi) is 5.01. The Balaban J connectivity index is 1.56. The number of hydrogen-bond donors (Lipinski definition) is 2. The topological polar surface area (TPSA) is 91.4 Å². The fourth-order valence-corrected chi connectivity index (χ4v) is 3.64. The molecule has 1 saturated carbocycles. The third-order valence-corrected chi connectivity index (χ3v) is 5.30. The van der Waals surface area contributed by atoms with Gasteiger partial charge in [-0.25, -0.2) is 4.79 Å². The van der Waals surface area contributed by atoms with Crippen LogP contribution in [-0.4, -0.2) is 39.8 Å². The molecule has 2 fully saturated rings. The van der Waals surface area contributed by atoms with Crippen molar-refractivity contribution in [3.05, 3.63) is 30.1 Å². The smallest absolute Gasteiger partial charge is 0.325 e. The molecule has 1 spiro atoms. The molecular formula is C18H24N4O3. The molecule has 1 saturated heterocycles. The number of nitrogens with one attached hydrogen (secondary N) is 2. The number of aromatic nitrogens is 1. The minimum absolute atomic E-state index is 0.246. The van der Waals surface area contributed by atoms with E-state index in [0.29, 0.717) is 25.3 Å². The van der Waals surface area contributed by atoms with E-state index in [4.69, 9.17) is 0 Å². The molecule has 0 bridgehead atoms. The Morgan fingerprint density at radius 1 is 1.40 bits per heavy atom. The molecule has 0 unspecified atom stereocenters. The molecular weight excluding hydrogens is 320 g/mol. The first kappa shape index (κ1) is 17.4. The van der Waals surface area contributed by atoms with Gasteiger partial charge in [0, 0.05) is 18.9 Å². The molecule has 0 atom stereocenters. The first-order valence-electron chi connectivity index (χ1n) is 8.84. The van der Waals surface area contributed by atoms with Crippen molar-refractivity contribution in [3.63, 3.8) is 0 Å². The number of pyridine rings is 1. The van der Waals surface area contributed by atoms with Gasteiger partial charge < -0.3 is 10.6 Å². The Morgan fingerprint density at radius 3 is 2.80 bits per heavy atom. The molecule has 1 aromatic heterocycles. The van der Waals surface area contributed by atoms with Crippen molar-refractivity contribution in [3.8, 4) is 0 Å². The maximum absolute atomic E-state index is 12.8. The van der Waals surface area contributed by atoms with E-state index in [1.807, 2.05) is 6.07 Å². The van der Waals surface area contributed by atoms with Crippen molar-refractivity contribution < 1.29 is 14.4 Å². The maximum Gasteiger partial charge on any atom is 0.325 e. The number of amides is 4. The Hall–Kier alpha value is -2.44. The molecule has 1 aliphatic carbocycles. The van der Waals surface area contributed by atoms with Crippen LogP contribution in [0.2, 0.25) is 0 Å². The van der Waals surface area contributed by atoms with Gasteiger partial charge in [-0.15, -0.1) is 0 Å². The van der Waals surface area contributed by atoms with Crippen LogP contribution in [0.15, 0.2) is 24.5 Å². The monoisotopic (exact) mass is 344 g/mol. The molecule has 0 radical (unpaired) electrons. The molecule has 0 aromatic carbocycles. The van der Waals surface area contributed by atoms with Crippen LogP contribution in [0.1, 0.15) is 44.6 Å². The van der Waals surface area contributed by atoms with Crippen LogP contribution in [0, 0.1) is 5.92 Å². The zero-order chi connectivity index (χ0) is 17.9. The van der Waals surface area contributed by atoms with Gasteiger partial charge >= 0.3 is 6.03 Å². The summed E-state index contributed by atoms with van der Waals surface area (Å²) in [6.07, 6.45) is 7.60. The molecule has 134 valence electrons. The van der Waals surface area contributed by atoms with Gasteiger partial charge in [-0.2, -0.15) is 0 Å². The van der Waals surface area contributed by atoms with Crippen LogP contribution in [0.25, 0.3) is 0 Å². The Bertz CT molecular complexity index is 654. The van der Waals surface area contributed by atoms with Crippen LogP contribution in [0.3, 0.4) is 0 Å². The van der Waals surface area contributed by atoms with Crippen molar-refractivity contribution in [2.45, 2.75) is 51.1 Å².